The summed E-state index contributed by atoms with van der Waals surface area (Å²) in [5.74, 6) is -0.420. The largest absolute Gasteiger partial charge is 0.493 e. The number of ether oxygens (including phenoxy) is 2. The highest BCUT2D eigenvalue weighted by atomic mass is 32.1. The van der Waals surface area contributed by atoms with Crippen molar-refractivity contribution in [2.75, 3.05) is 18.5 Å². The van der Waals surface area contributed by atoms with Gasteiger partial charge in [-0.05, 0) is 50.3 Å². The Morgan fingerprint density at radius 3 is 2.86 bits per heavy atom. The molecule has 1 aliphatic carbocycles. The standard InChI is InChI=1S/C22H22N2O4S/c1-2-27-18-9-5-3-7-15(18)11-12-21(26)28-14-20(25)24-22-17(13-23)16-8-4-6-10-19(16)29-22/h3,5,7,9,11-12H,2,4,6,8,10,14H2,1H3,(H,24,25)/b12-11+. The topological polar surface area (TPSA) is 88.4 Å². The van der Waals surface area contributed by atoms with Crippen molar-refractivity contribution in [2.45, 2.75) is 32.6 Å². The molecule has 0 radical (unpaired) electrons. The summed E-state index contributed by atoms with van der Waals surface area (Å²) in [5.41, 5.74) is 2.34. The number of esters is 1. The van der Waals surface area contributed by atoms with Crippen molar-refractivity contribution < 1.29 is 19.1 Å². The Labute approximate surface area is 173 Å². The van der Waals surface area contributed by atoms with Gasteiger partial charge in [0, 0.05) is 16.5 Å². The van der Waals surface area contributed by atoms with E-state index in [-0.39, 0.29) is 0 Å². The van der Waals surface area contributed by atoms with Crippen LogP contribution < -0.4 is 10.1 Å². The molecule has 3 rings (SSSR count). The van der Waals surface area contributed by atoms with Crippen LogP contribution in [-0.2, 0) is 27.2 Å². The smallest absolute Gasteiger partial charge is 0.331 e. The summed E-state index contributed by atoms with van der Waals surface area (Å²) in [6, 6.07) is 9.52. The van der Waals surface area contributed by atoms with E-state index >= 15 is 0 Å². The second kappa shape index (κ2) is 9.89. The Morgan fingerprint density at radius 2 is 2.07 bits per heavy atom. The molecule has 29 heavy (non-hydrogen) atoms. The lowest BCUT2D eigenvalue weighted by Crippen LogP contribution is -2.20. The van der Waals surface area contributed by atoms with E-state index in [4.69, 9.17) is 9.47 Å². The second-order valence-electron chi connectivity index (χ2n) is 6.49. The van der Waals surface area contributed by atoms with Gasteiger partial charge in [0.05, 0.1) is 12.2 Å². The fourth-order valence-electron chi connectivity index (χ4n) is 3.18. The summed E-state index contributed by atoms with van der Waals surface area (Å²) in [4.78, 5) is 25.3. The second-order valence-corrected chi connectivity index (χ2v) is 7.59. The molecule has 0 atom stereocenters. The minimum atomic E-state index is -0.627. The van der Waals surface area contributed by atoms with Crippen LogP contribution in [0.25, 0.3) is 6.08 Å². The number of anilines is 1. The molecule has 0 fully saturated rings. The molecular weight excluding hydrogens is 388 g/mol. The first-order valence-corrected chi connectivity index (χ1v) is 10.3. The zero-order valence-electron chi connectivity index (χ0n) is 16.2. The summed E-state index contributed by atoms with van der Waals surface area (Å²) in [6.45, 7) is 1.99. The SMILES string of the molecule is CCOc1ccccc1/C=C/C(=O)OCC(=O)Nc1sc2c(c1C#N)CCCC2. The summed E-state index contributed by atoms with van der Waals surface area (Å²) in [6.07, 6.45) is 6.81. The number of carbonyl (C=O) groups is 2. The molecule has 1 amide bonds. The molecule has 1 aromatic carbocycles. The number of amides is 1. The molecule has 2 aromatic rings. The highest BCUT2D eigenvalue weighted by Crippen LogP contribution is 2.37. The van der Waals surface area contributed by atoms with E-state index in [1.807, 2.05) is 31.2 Å². The zero-order chi connectivity index (χ0) is 20.6. The average Bonchev–Trinajstić information content (AvgIpc) is 3.08. The van der Waals surface area contributed by atoms with Crippen LogP contribution in [0.2, 0.25) is 0 Å². The van der Waals surface area contributed by atoms with Gasteiger partial charge in [0.1, 0.15) is 16.8 Å². The number of fused-ring (bicyclic) bond motifs is 1. The summed E-state index contributed by atoms with van der Waals surface area (Å²) >= 11 is 1.44. The van der Waals surface area contributed by atoms with E-state index in [2.05, 4.69) is 11.4 Å². The predicted molar refractivity (Wildman–Crippen MR) is 112 cm³/mol. The minimum absolute atomic E-state index is 0.413. The molecule has 1 aromatic heterocycles. The van der Waals surface area contributed by atoms with Crippen molar-refractivity contribution in [1.29, 1.82) is 5.26 Å². The van der Waals surface area contributed by atoms with Gasteiger partial charge in [-0.3, -0.25) is 4.79 Å². The summed E-state index contributed by atoms with van der Waals surface area (Å²) in [7, 11) is 0. The van der Waals surface area contributed by atoms with Crippen LogP contribution in [0.4, 0.5) is 5.00 Å². The first-order chi connectivity index (χ1) is 14.1. The third kappa shape index (κ3) is 5.24. The maximum absolute atomic E-state index is 12.2. The number of thiophene rings is 1. The van der Waals surface area contributed by atoms with Crippen LogP contribution in [0, 0.1) is 11.3 Å². The van der Waals surface area contributed by atoms with E-state index in [1.54, 1.807) is 6.08 Å². The maximum atomic E-state index is 12.2. The molecular formula is C22H22N2O4S. The maximum Gasteiger partial charge on any atom is 0.331 e. The van der Waals surface area contributed by atoms with Crippen LogP contribution in [0.3, 0.4) is 0 Å². The van der Waals surface area contributed by atoms with Gasteiger partial charge in [-0.25, -0.2) is 4.79 Å². The fourth-order valence-corrected chi connectivity index (χ4v) is 4.44. The van der Waals surface area contributed by atoms with Gasteiger partial charge in [0.15, 0.2) is 6.61 Å². The number of para-hydroxylation sites is 1. The van der Waals surface area contributed by atoms with Gasteiger partial charge < -0.3 is 14.8 Å². The molecule has 6 nitrogen and oxygen atoms in total. The van der Waals surface area contributed by atoms with E-state index in [9.17, 15) is 14.9 Å². The molecule has 1 N–H and O–H groups in total. The van der Waals surface area contributed by atoms with Crippen molar-refractivity contribution in [1.82, 2.24) is 0 Å². The predicted octanol–water partition coefficient (Wildman–Crippen LogP) is 4.09. The average molecular weight is 410 g/mol. The van der Waals surface area contributed by atoms with Gasteiger partial charge in [-0.2, -0.15) is 5.26 Å². The van der Waals surface area contributed by atoms with Gasteiger partial charge in [0.2, 0.25) is 0 Å². The van der Waals surface area contributed by atoms with Crippen LogP contribution in [-0.4, -0.2) is 25.1 Å². The summed E-state index contributed by atoms with van der Waals surface area (Å²) < 4.78 is 10.5. The molecule has 1 heterocycles. The minimum Gasteiger partial charge on any atom is -0.493 e. The van der Waals surface area contributed by atoms with E-state index in [1.165, 1.54) is 17.4 Å². The number of aryl methyl sites for hydroxylation is 1. The van der Waals surface area contributed by atoms with Crippen LogP contribution in [0.5, 0.6) is 5.75 Å². The Kier molecular flexibility index (Phi) is 7.04. The lowest BCUT2D eigenvalue weighted by Gasteiger charge is -2.09. The van der Waals surface area contributed by atoms with Crippen molar-refractivity contribution in [3.8, 4) is 11.8 Å². The lowest BCUT2D eigenvalue weighted by atomic mass is 9.96. The first kappa shape index (κ1) is 20.6. The number of hydrogen-bond acceptors (Lipinski definition) is 6. The highest BCUT2D eigenvalue weighted by molar-refractivity contribution is 7.16. The molecule has 0 unspecified atom stereocenters. The van der Waals surface area contributed by atoms with Gasteiger partial charge in [-0.15, -0.1) is 11.3 Å². The van der Waals surface area contributed by atoms with E-state index < -0.39 is 18.5 Å². The zero-order valence-corrected chi connectivity index (χ0v) is 17.0. The van der Waals surface area contributed by atoms with Gasteiger partial charge in [-0.1, -0.05) is 18.2 Å². The number of nitrogens with one attached hydrogen (secondary N) is 1. The van der Waals surface area contributed by atoms with Crippen molar-refractivity contribution >= 4 is 34.3 Å². The molecule has 0 saturated carbocycles. The Balaban J connectivity index is 1.55. The molecule has 0 spiro atoms. The molecule has 0 saturated heterocycles. The summed E-state index contributed by atoms with van der Waals surface area (Å²) in [5, 5.41) is 12.7. The van der Waals surface area contributed by atoms with Gasteiger partial charge in [0.25, 0.3) is 5.91 Å². The molecule has 7 heteroatoms. The number of carbonyl (C=O) groups excluding carboxylic acids is 2. The van der Waals surface area contributed by atoms with Gasteiger partial charge >= 0.3 is 5.97 Å². The lowest BCUT2D eigenvalue weighted by molar-refractivity contribution is -0.142. The molecule has 0 aliphatic heterocycles. The number of nitrogens with zero attached hydrogens (tertiary/aromatic N) is 1. The molecule has 1 aliphatic rings. The van der Waals surface area contributed by atoms with Crippen LogP contribution >= 0.6 is 11.3 Å². The third-order valence-corrected chi connectivity index (χ3v) is 5.71. The van der Waals surface area contributed by atoms with Crippen LogP contribution in [0.15, 0.2) is 30.3 Å². The van der Waals surface area contributed by atoms with Crippen LogP contribution in [0.1, 0.15) is 41.3 Å². The fraction of sp³-hybridized carbons (Fsp3) is 0.318. The van der Waals surface area contributed by atoms with E-state index in [0.717, 1.165) is 41.7 Å². The molecule has 150 valence electrons. The monoisotopic (exact) mass is 410 g/mol. The highest BCUT2D eigenvalue weighted by Gasteiger charge is 2.21. The quantitative estimate of drug-likeness (QED) is 0.549. The first-order valence-electron chi connectivity index (χ1n) is 9.53. The van der Waals surface area contributed by atoms with Crippen molar-refractivity contribution in [2.24, 2.45) is 0 Å². The van der Waals surface area contributed by atoms with E-state index in [0.29, 0.717) is 22.9 Å². The Hall–Kier alpha value is -3.11. The third-order valence-electron chi connectivity index (χ3n) is 4.50. The number of benzene rings is 1. The normalized spacial score (nSPS) is 12.8. The van der Waals surface area contributed by atoms with Crippen molar-refractivity contribution in [3.63, 3.8) is 0 Å². The Bertz CT molecular complexity index is 972. The Morgan fingerprint density at radius 1 is 1.28 bits per heavy atom. The molecule has 0 bridgehead atoms. The number of hydrogen-bond donors (Lipinski definition) is 1. The number of rotatable bonds is 7. The number of nitriles is 1. The van der Waals surface area contributed by atoms with Crippen molar-refractivity contribution in [3.05, 3.63) is 51.9 Å².